The van der Waals surface area contributed by atoms with E-state index >= 15 is 0 Å². The highest BCUT2D eigenvalue weighted by Gasteiger charge is 2.28. The van der Waals surface area contributed by atoms with Gasteiger partial charge >= 0.3 is 0 Å². The van der Waals surface area contributed by atoms with Crippen LogP contribution in [0.3, 0.4) is 0 Å². The molecule has 0 radical (unpaired) electrons. The van der Waals surface area contributed by atoms with Gasteiger partial charge in [0.25, 0.3) is 5.91 Å². The highest BCUT2D eigenvalue weighted by Crippen LogP contribution is 2.16. The highest BCUT2D eigenvalue weighted by molar-refractivity contribution is 6.01. The Morgan fingerprint density at radius 2 is 1.76 bits per heavy atom. The van der Waals surface area contributed by atoms with Crippen LogP contribution in [0.1, 0.15) is 35.2 Å². The van der Waals surface area contributed by atoms with Crippen molar-refractivity contribution in [3.05, 3.63) is 47.0 Å². The van der Waals surface area contributed by atoms with Crippen LogP contribution < -0.4 is 10.6 Å². The molecule has 2 N–H and O–H groups in total. The minimum atomic E-state index is -0.128. The molecule has 3 rings (SSSR count). The third-order valence-electron chi connectivity index (χ3n) is 4.35. The smallest absolute Gasteiger partial charge is 0.251 e. The molecular formula is C18H22ClN3O3. The van der Waals surface area contributed by atoms with Crippen molar-refractivity contribution in [2.75, 3.05) is 19.6 Å². The first-order valence-electron chi connectivity index (χ1n) is 8.22. The molecule has 2 aliphatic rings. The van der Waals surface area contributed by atoms with Gasteiger partial charge in [-0.05, 0) is 30.7 Å². The second kappa shape index (κ2) is 8.78. The average Bonchev–Trinajstić information content (AvgIpc) is 2.93. The van der Waals surface area contributed by atoms with Gasteiger partial charge in [-0.15, -0.1) is 12.4 Å². The maximum Gasteiger partial charge on any atom is 0.251 e. The molecule has 3 amide bonds. The van der Waals surface area contributed by atoms with Gasteiger partial charge in [-0.25, -0.2) is 0 Å². The number of carbonyl (C=O) groups excluding carboxylic acids is 3. The largest absolute Gasteiger partial charge is 0.348 e. The van der Waals surface area contributed by atoms with E-state index in [0.717, 1.165) is 25.1 Å². The van der Waals surface area contributed by atoms with Crippen LogP contribution in [-0.2, 0) is 16.1 Å². The van der Waals surface area contributed by atoms with Crippen molar-refractivity contribution in [1.82, 2.24) is 15.5 Å². The first-order valence-corrected chi connectivity index (χ1v) is 8.22. The lowest BCUT2D eigenvalue weighted by Crippen LogP contribution is -2.30. The Kier molecular flexibility index (Phi) is 6.73. The predicted octanol–water partition coefficient (Wildman–Crippen LogP) is 1.41. The monoisotopic (exact) mass is 363 g/mol. The van der Waals surface area contributed by atoms with Gasteiger partial charge in [0.05, 0.1) is 6.54 Å². The third kappa shape index (κ3) is 4.90. The van der Waals surface area contributed by atoms with Crippen LogP contribution in [0.25, 0.3) is 0 Å². The van der Waals surface area contributed by atoms with E-state index in [9.17, 15) is 14.4 Å². The molecule has 1 aromatic rings. The van der Waals surface area contributed by atoms with Gasteiger partial charge in [0.15, 0.2) is 0 Å². The van der Waals surface area contributed by atoms with E-state index in [-0.39, 0.29) is 36.7 Å². The standard InChI is InChI=1S/C18H21N3O3.ClH/c22-16-5-6-17(23)21(16)12-14-1-3-15(4-2-14)18(24)20-11-13-7-9-19-10-8-13;/h1-4,7,19H,5-6,8-12H2,(H,20,24);1H. The van der Waals surface area contributed by atoms with E-state index < -0.39 is 0 Å². The number of imide groups is 1. The zero-order valence-electron chi connectivity index (χ0n) is 13.9. The maximum atomic E-state index is 12.2. The summed E-state index contributed by atoms with van der Waals surface area (Å²) in [6.45, 7) is 2.65. The van der Waals surface area contributed by atoms with Crippen molar-refractivity contribution in [3.8, 4) is 0 Å². The summed E-state index contributed by atoms with van der Waals surface area (Å²) in [6, 6.07) is 7.04. The fourth-order valence-corrected chi connectivity index (χ4v) is 2.87. The van der Waals surface area contributed by atoms with Crippen LogP contribution in [0.5, 0.6) is 0 Å². The SMILES string of the molecule is Cl.O=C(NCC1=CCNCC1)c1ccc(CN2C(=O)CCC2=O)cc1. The number of amides is 3. The Labute approximate surface area is 153 Å². The van der Waals surface area contributed by atoms with Gasteiger partial charge in [0.2, 0.25) is 11.8 Å². The lowest BCUT2D eigenvalue weighted by Gasteiger charge is -2.15. The number of rotatable bonds is 5. The molecule has 1 saturated heterocycles. The van der Waals surface area contributed by atoms with Crippen LogP contribution in [0, 0.1) is 0 Å². The maximum absolute atomic E-state index is 12.2. The summed E-state index contributed by atoms with van der Waals surface area (Å²) in [5, 5.41) is 6.16. The zero-order valence-corrected chi connectivity index (χ0v) is 14.7. The van der Waals surface area contributed by atoms with Crippen molar-refractivity contribution in [2.45, 2.75) is 25.8 Å². The second-order valence-corrected chi connectivity index (χ2v) is 6.07. The summed E-state index contributed by atoms with van der Waals surface area (Å²) in [7, 11) is 0. The van der Waals surface area contributed by atoms with E-state index in [2.05, 4.69) is 16.7 Å². The van der Waals surface area contributed by atoms with Crippen molar-refractivity contribution < 1.29 is 14.4 Å². The molecule has 2 aliphatic heterocycles. The number of benzene rings is 1. The van der Waals surface area contributed by atoms with Crippen molar-refractivity contribution >= 4 is 30.1 Å². The third-order valence-corrected chi connectivity index (χ3v) is 4.35. The molecule has 2 heterocycles. The Morgan fingerprint density at radius 1 is 1.08 bits per heavy atom. The van der Waals surface area contributed by atoms with Crippen molar-refractivity contribution in [2.24, 2.45) is 0 Å². The van der Waals surface area contributed by atoms with E-state index in [1.807, 2.05) is 0 Å². The number of nitrogens with zero attached hydrogens (tertiary/aromatic N) is 1. The quantitative estimate of drug-likeness (QED) is 0.612. The average molecular weight is 364 g/mol. The Hall–Kier alpha value is -2.18. The Balaban J connectivity index is 0.00000225. The van der Waals surface area contributed by atoms with Gasteiger partial charge < -0.3 is 10.6 Å². The molecule has 0 atom stereocenters. The van der Waals surface area contributed by atoms with E-state index in [1.54, 1.807) is 24.3 Å². The first kappa shape index (κ1) is 19.1. The summed E-state index contributed by atoms with van der Waals surface area (Å²) in [5.74, 6) is -0.372. The van der Waals surface area contributed by atoms with Gasteiger partial charge in [0.1, 0.15) is 0 Å². The number of nitrogens with one attached hydrogen (secondary N) is 2. The molecule has 7 heteroatoms. The fourth-order valence-electron chi connectivity index (χ4n) is 2.87. The van der Waals surface area contributed by atoms with E-state index in [0.29, 0.717) is 24.9 Å². The molecule has 0 spiro atoms. The Bertz CT molecular complexity index is 669. The van der Waals surface area contributed by atoms with Gasteiger partial charge in [0, 0.05) is 31.5 Å². The summed E-state index contributed by atoms with van der Waals surface area (Å²) in [5.41, 5.74) is 2.66. The lowest BCUT2D eigenvalue weighted by atomic mass is 10.1. The topological polar surface area (TPSA) is 78.5 Å². The van der Waals surface area contributed by atoms with Crippen molar-refractivity contribution in [1.29, 1.82) is 0 Å². The number of hydrogen-bond donors (Lipinski definition) is 2. The minimum absolute atomic E-state index is 0. The molecule has 134 valence electrons. The summed E-state index contributed by atoms with van der Waals surface area (Å²) < 4.78 is 0. The zero-order chi connectivity index (χ0) is 16.9. The Morgan fingerprint density at radius 3 is 2.36 bits per heavy atom. The molecule has 0 bridgehead atoms. The summed E-state index contributed by atoms with van der Waals surface area (Å²) in [6.07, 6.45) is 3.66. The number of likely N-dealkylation sites (tertiary alicyclic amines) is 1. The molecule has 6 nitrogen and oxygen atoms in total. The van der Waals surface area contributed by atoms with Crippen LogP contribution in [0.2, 0.25) is 0 Å². The van der Waals surface area contributed by atoms with Crippen LogP contribution in [-0.4, -0.2) is 42.3 Å². The molecule has 0 unspecified atom stereocenters. The molecule has 1 aromatic carbocycles. The van der Waals surface area contributed by atoms with E-state index in [1.165, 1.54) is 10.5 Å². The summed E-state index contributed by atoms with van der Waals surface area (Å²) in [4.78, 5) is 36.7. The fraction of sp³-hybridized carbons (Fsp3) is 0.389. The van der Waals surface area contributed by atoms with Gasteiger partial charge in [-0.3, -0.25) is 19.3 Å². The van der Waals surface area contributed by atoms with Gasteiger partial charge in [-0.2, -0.15) is 0 Å². The number of carbonyl (C=O) groups is 3. The van der Waals surface area contributed by atoms with Crippen LogP contribution >= 0.6 is 12.4 Å². The molecule has 0 saturated carbocycles. The lowest BCUT2D eigenvalue weighted by molar-refractivity contribution is -0.139. The van der Waals surface area contributed by atoms with E-state index in [4.69, 9.17) is 0 Å². The van der Waals surface area contributed by atoms with Crippen LogP contribution in [0.4, 0.5) is 0 Å². The first-order chi connectivity index (χ1) is 11.6. The normalized spacial score (nSPS) is 17.1. The highest BCUT2D eigenvalue weighted by atomic mass is 35.5. The molecule has 0 aliphatic carbocycles. The molecule has 0 aromatic heterocycles. The number of hydrogen-bond acceptors (Lipinski definition) is 4. The van der Waals surface area contributed by atoms with Gasteiger partial charge in [-0.1, -0.05) is 23.8 Å². The number of halogens is 1. The molecular weight excluding hydrogens is 342 g/mol. The van der Waals surface area contributed by atoms with Crippen molar-refractivity contribution in [3.63, 3.8) is 0 Å². The predicted molar refractivity (Wildman–Crippen MR) is 96.4 cm³/mol. The van der Waals surface area contributed by atoms with Crippen LogP contribution in [0.15, 0.2) is 35.9 Å². The second-order valence-electron chi connectivity index (χ2n) is 6.07. The molecule has 1 fully saturated rings. The molecule has 25 heavy (non-hydrogen) atoms. The minimum Gasteiger partial charge on any atom is -0.348 e. The summed E-state index contributed by atoms with van der Waals surface area (Å²) >= 11 is 0.